The van der Waals surface area contributed by atoms with Gasteiger partial charge in [0.25, 0.3) is 0 Å². The van der Waals surface area contributed by atoms with Crippen molar-refractivity contribution in [2.24, 2.45) is 0 Å². The van der Waals surface area contributed by atoms with Gasteiger partial charge in [-0.05, 0) is 37.3 Å². The molecular formula is C12H16N2O2S. The number of nitrogens with one attached hydrogen (secondary N) is 1. The maximum absolute atomic E-state index is 11.9. The van der Waals surface area contributed by atoms with Crippen molar-refractivity contribution in [3.05, 3.63) is 29.8 Å². The molecule has 1 aromatic carbocycles. The van der Waals surface area contributed by atoms with Crippen molar-refractivity contribution in [1.82, 2.24) is 4.83 Å². The summed E-state index contributed by atoms with van der Waals surface area (Å²) in [5.74, 6) is 0. The molecule has 0 atom stereocenters. The number of benzene rings is 1. The van der Waals surface area contributed by atoms with Crippen molar-refractivity contribution >= 4 is 15.7 Å². The number of anilines is 1. The lowest BCUT2D eigenvalue weighted by Gasteiger charge is -2.31. The van der Waals surface area contributed by atoms with Crippen LogP contribution in [0.2, 0.25) is 0 Å². The Hall–Kier alpha value is -1.07. The number of aryl methyl sites for hydroxylation is 1. The summed E-state index contributed by atoms with van der Waals surface area (Å²) >= 11 is 0. The lowest BCUT2D eigenvalue weighted by molar-refractivity contribution is 0.567. The third-order valence-electron chi connectivity index (χ3n) is 3.31. The topological polar surface area (TPSA) is 49.4 Å². The Morgan fingerprint density at radius 1 is 1.24 bits per heavy atom. The predicted octanol–water partition coefficient (Wildman–Crippen LogP) is 1.44. The number of nitrogens with zero attached hydrogens (tertiary/aromatic N) is 1. The molecule has 0 aromatic heterocycles. The summed E-state index contributed by atoms with van der Waals surface area (Å²) in [5.41, 5.74) is 2.22. The normalized spacial score (nSPS) is 20.1. The van der Waals surface area contributed by atoms with Crippen molar-refractivity contribution < 1.29 is 8.42 Å². The maximum Gasteiger partial charge on any atom is 0.231 e. The molecular weight excluding hydrogens is 236 g/mol. The Bertz CT molecular complexity index is 523. The first-order chi connectivity index (χ1) is 8.17. The van der Waals surface area contributed by atoms with Gasteiger partial charge in [-0.1, -0.05) is 18.2 Å². The van der Waals surface area contributed by atoms with Crippen LogP contribution in [-0.2, 0) is 16.4 Å². The fraction of sp³-hybridized carbons (Fsp3) is 0.500. The van der Waals surface area contributed by atoms with Gasteiger partial charge in [0.15, 0.2) is 0 Å². The average molecular weight is 252 g/mol. The second kappa shape index (κ2) is 3.99. The summed E-state index contributed by atoms with van der Waals surface area (Å²) in [5, 5.41) is 1.61. The van der Waals surface area contributed by atoms with Gasteiger partial charge in [0.05, 0.1) is 10.9 Å². The minimum absolute atomic E-state index is 0.170. The Morgan fingerprint density at radius 3 is 2.76 bits per heavy atom. The van der Waals surface area contributed by atoms with E-state index in [9.17, 15) is 8.42 Å². The van der Waals surface area contributed by atoms with Crippen LogP contribution < -0.4 is 9.84 Å². The van der Waals surface area contributed by atoms with E-state index >= 15 is 0 Å². The van der Waals surface area contributed by atoms with Gasteiger partial charge in [-0.25, -0.2) is 8.42 Å². The first-order valence-electron chi connectivity index (χ1n) is 6.03. The monoisotopic (exact) mass is 252 g/mol. The van der Waals surface area contributed by atoms with E-state index in [1.807, 2.05) is 18.2 Å². The number of hydrazine groups is 1. The lowest BCUT2D eigenvalue weighted by Crippen LogP contribution is -2.46. The van der Waals surface area contributed by atoms with Gasteiger partial charge in [-0.2, -0.15) is 0 Å². The Balaban J connectivity index is 1.85. The highest BCUT2D eigenvalue weighted by atomic mass is 32.2. The fourth-order valence-corrected chi connectivity index (χ4v) is 3.64. The molecule has 17 heavy (non-hydrogen) atoms. The third kappa shape index (κ3) is 2.17. The summed E-state index contributed by atoms with van der Waals surface area (Å²) in [7, 11) is -3.15. The van der Waals surface area contributed by atoms with Crippen molar-refractivity contribution in [3.8, 4) is 0 Å². The van der Waals surface area contributed by atoms with Crippen LogP contribution >= 0.6 is 0 Å². The Labute approximate surface area is 102 Å². The van der Waals surface area contributed by atoms with Crippen LogP contribution in [0.1, 0.15) is 24.8 Å². The molecule has 4 nitrogen and oxygen atoms in total. The smallest absolute Gasteiger partial charge is 0.231 e. The fourth-order valence-electron chi connectivity index (χ4n) is 2.23. The molecule has 0 amide bonds. The van der Waals surface area contributed by atoms with Gasteiger partial charge in [-0.15, -0.1) is 4.83 Å². The van der Waals surface area contributed by atoms with E-state index in [0.29, 0.717) is 0 Å². The molecule has 1 aliphatic heterocycles. The summed E-state index contributed by atoms with van der Waals surface area (Å²) in [6.07, 6.45) is 3.61. The van der Waals surface area contributed by atoms with Crippen molar-refractivity contribution in [3.63, 3.8) is 0 Å². The van der Waals surface area contributed by atoms with Gasteiger partial charge in [0.1, 0.15) is 0 Å². The number of para-hydroxylation sites is 1. The molecule has 1 aliphatic carbocycles. The molecule has 0 unspecified atom stereocenters. The van der Waals surface area contributed by atoms with Crippen molar-refractivity contribution in [2.75, 3.05) is 11.6 Å². The van der Waals surface area contributed by atoms with E-state index in [0.717, 1.165) is 37.9 Å². The SMILES string of the molecule is O=S(=O)(NN1CCCc2ccccc21)C1CC1. The van der Waals surface area contributed by atoms with Crippen LogP contribution in [0.5, 0.6) is 0 Å². The summed E-state index contributed by atoms with van der Waals surface area (Å²) in [4.78, 5) is 2.72. The van der Waals surface area contributed by atoms with E-state index in [-0.39, 0.29) is 5.25 Å². The molecule has 1 aromatic rings. The number of rotatable bonds is 3. The van der Waals surface area contributed by atoms with Crippen LogP contribution in [0, 0.1) is 0 Å². The molecule has 3 rings (SSSR count). The number of hydrogen-bond donors (Lipinski definition) is 1. The molecule has 5 heteroatoms. The van der Waals surface area contributed by atoms with Crippen molar-refractivity contribution in [1.29, 1.82) is 0 Å². The number of sulfonamides is 1. The standard InChI is InChI=1S/C12H16N2O2S/c15-17(16,11-7-8-11)13-14-9-3-5-10-4-1-2-6-12(10)14/h1-2,4,6,11,13H,3,5,7-9H2. The highest BCUT2D eigenvalue weighted by Gasteiger charge is 2.37. The number of hydrogen-bond acceptors (Lipinski definition) is 3. The van der Waals surface area contributed by atoms with Gasteiger partial charge >= 0.3 is 0 Å². The first-order valence-corrected chi connectivity index (χ1v) is 7.58. The Kier molecular flexibility index (Phi) is 2.60. The Morgan fingerprint density at radius 2 is 2.00 bits per heavy atom. The number of fused-ring (bicyclic) bond motifs is 1. The molecule has 2 aliphatic rings. The van der Waals surface area contributed by atoms with Crippen LogP contribution in [-0.4, -0.2) is 20.2 Å². The zero-order valence-corrected chi connectivity index (χ0v) is 10.4. The molecule has 0 saturated heterocycles. The van der Waals surface area contributed by atoms with E-state index < -0.39 is 10.0 Å². The molecule has 1 fully saturated rings. The van der Waals surface area contributed by atoms with Gasteiger partial charge in [0, 0.05) is 6.54 Å². The van der Waals surface area contributed by atoms with E-state index in [1.165, 1.54) is 5.56 Å². The van der Waals surface area contributed by atoms with Gasteiger partial charge in [-0.3, -0.25) is 5.01 Å². The van der Waals surface area contributed by atoms with E-state index in [4.69, 9.17) is 0 Å². The zero-order chi connectivity index (χ0) is 11.9. The molecule has 0 bridgehead atoms. The first kappa shape index (κ1) is 11.0. The second-order valence-electron chi connectivity index (χ2n) is 4.72. The highest BCUT2D eigenvalue weighted by Crippen LogP contribution is 2.30. The summed E-state index contributed by atoms with van der Waals surface area (Å²) in [6.45, 7) is 0.753. The van der Waals surface area contributed by atoms with Gasteiger partial charge in [0.2, 0.25) is 10.0 Å². The van der Waals surface area contributed by atoms with Crippen LogP contribution in [0.15, 0.2) is 24.3 Å². The lowest BCUT2D eigenvalue weighted by atomic mass is 10.0. The third-order valence-corrected chi connectivity index (χ3v) is 5.13. The molecule has 92 valence electrons. The quantitative estimate of drug-likeness (QED) is 0.885. The van der Waals surface area contributed by atoms with E-state index in [1.54, 1.807) is 5.01 Å². The molecule has 1 N–H and O–H groups in total. The highest BCUT2D eigenvalue weighted by molar-refractivity contribution is 7.90. The second-order valence-corrected chi connectivity index (χ2v) is 6.66. The molecule has 1 heterocycles. The predicted molar refractivity (Wildman–Crippen MR) is 67.2 cm³/mol. The van der Waals surface area contributed by atoms with Crippen molar-refractivity contribution in [2.45, 2.75) is 30.9 Å². The zero-order valence-electron chi connectivity index (χ0n) is 9.59. The van der Waals surface area contributed by atoms with Crippen LogP contribution in [0.25, 0.3) is 0 Å². The molecule has 0 radical (unpaired) electrons. The minimum Gasteiger partial charge on any atom is -0.295 e. The van der Waals surface area contributed by atoms with Gasteiger partial charge < -0.3 is 0 Å². The van der Waals surface area contributed by atoms with E-state index in [2.05, 4.69) is 10.9 Å². The minimum atomic E-state index is -3.15. The average Bonchev–Trinajstić information content (AvgIpc) is 3.13. The summed E-state index contributed by atoms with van der Waals surface area (Å²) in [6, 6.07) is 7.98. The largest absolute Gasteiger partial charge is 0.295 e. The molecule has 0 spiro atoms. The molecule has 1 saturated carbocycles. The maximum atomic E-state index is 11.9. The van der Waals surface area contributed by atoms with Crippen LogP contribution in [0.3, 0.4) is 0 Å². The van der Waals surface area contributed by atoms with Crippen LogP contribution in [0.4, 0.5) is 5.69 Å². The summed E-state index contributed by atoms with van der Waals surface area (Å²) < 4.78 is 23.8.